The number of nitro groups is 1. The lowest BCUT2D eigenvalue weighted by Crippen LogP contribution is -2.04. The molecule has 0 saturated heterocycles. The number of nitro benzene ring substituents is 1. The molecule has 0 saturated carbocycles. The minimum atomic E-state index is -0.370. The van der Waals surface area contributed by atoms with Crippen LogP contribution in [-0.4, -0.2) is 11.5 Å². The number of anilines is 1. The Morgan fingerprint density at radius 3 is 2.71 bits per heavy atom. The molecule has 17 heavy (non-hydrogen) atoms. The number of hydrogen-bond donors (Lipinski definition) is 1. The summed E-state index contributed by atoms with van der Waals surface area (Å²) in [5.74, 6) is 0.715. The second-order valence-corrected chi connectivity index (χ2v) is 5.55. The van der Waals surface area contributed by atoms with Crippen molar-refractivity contribution in [3.8, 4) is 0 Å². The van der Waals surface area contributed by atoms with Crippen LogP contribution in [0.2, 0.25) is 0 Å². The van der Waals surface area contributed by atoms with Crippen molar-refractivity contribution < 1.29 is 4.92 Å². The molecule has 0 unspecified atom stereocenters. The summed E-state index contributed by atoms with van der Waals surface area (Å²) in [6.07, 6.45) is 2.31. The highest BCUT2D eigenvalue weighted by Crippen LogP contribution is 2.23. The molecule has 0 fully saturated rings. The molecule has 4 nitrogen and oxygen atoms in total. The summed E-state index contributed by atoms with van der Waals surface area (Å²) >= 11 is 2.12. The van der Waals surface area contributed by atoms with Crippen molar-refractivity contribution >= 4 is 34.0 Å². The van der Waals surface area contributed by atoms with Crippen LogP contribution in [0.5, 0.6) is 0 Å². The maximum Gasteiger partial charge on any atom is 0.270 e. The molecule has 0 aliphatic rings. The van der Waals surface area contributed by atoms with E-state index in [1.54, 1.807) is 12.1 Å². The second-order valence-electron chi connectivity index (χ2n) is 4.38. The van der Waals surface area contributed by atoms with Crippen molar-refractivity contribution in [2.24, 2.45) is 5.92 Å². The zero-order chi connectivity index (χ0) is 12.8. The van der Waals surface area contributed by atoms with Gasteiger partial charge >= 0.3 is 0 Å². The van der Waals surface area contributed by atoms with Crippen LogP contribution in [0.1, 0.15) is 26.7 Å². The molecule has 0 spiro atoms. The third-order valence-corrected chi connectivity index (χ3v) is 3.33. The van der Waals surface area contributed by atoms with Gasteiger partial charge in [-0.2, -0.15) is 0 Å². The fraction of sp³-hybridized carbons (Fsp3) is 0.500. The second kappa shape index (κ2) is 6.78. The molecule has 0 aliphatic carbocycles. The molecule has 0 heterocycles. The van der Waals surface area contributed by atoms with Gasteiger partial charge in [-0.1, -0.05) is 13.8 Å². The number of nitrogens with zero attached hydrogens (tertiary/aromatic N) is 1. The highest BCUT2D eigenvalue weighted by molar-refractivity contribution is 14.1. The van der Waals surface area contributed by atoms with E-state index < -0.39 is 0 Å². The zero-order valence-electron chi connectivity index (χ0n) is 10.1. The SMILES string of the molecule is CC(C)CCCNc1ccc([N+](=O)[O-])cc1I. The van der Waals surface area contributed by atoms with E-state index in [2.05, 4.69) is 41.8 Å². The quantitative estimate of drug-likeness (QED) is 0.365. The molecular formula is C12H17IN2O2. The Bertz CT molecular complexity index is 394. The van der Waals surface area contributed by atoms with Gasteiger partial charge in [0.2, 0.25) is 0 Å². The molecule has 0 aromatic heterocycles. The van der Waals surface area contributed by atoms with E-state index in [4.69, 9.17) is 0 Å². The molecule has 94 valence electrons. The maximum atomic E-state index is 10.6. The molecule has 1 N–H and O–H groups in total. The van der Waals surface area contributed by atoms with Gasteiger partial charge in [0.05, 0.1) is 4.92 Å². The first-order valence-electron chi connectivity index (χ1n) is 5.68. The van der Waals surface area contributed by atoms with Crippen molar-refractivity contribution in [1.29, 1.82) is 0 Å². The van der Waals surface area contributed by atoms with Crippen LogP contribution in [-0.2, 0) is 0 Å². The normalized spacial score (nSPS) is 10.6. The Labute approximate surface area is 115 Å². The van der Waals surface area contributed by atoms with E-state index in [1.807, 2.05) is 0 Å². The maximum absolute atomic E-state index is 10.6. The van der Waals surface area contributed by atoms with Crippen molar-refractivity contribution in [1.82, 2.24) is 0 Å². The van der Waals surface area contributed by atoms with Crippen LogP contribution in [0, 0.1) is 19.6 Å². The van der Waals surface area contributed by atoms with Crippen LogP contribution >= 0.6 is 22.6 Å². The van der Waals surface area contributed by atoms with Crippen molar-refractivity contribution in [2.75, 3.05) is 11.9 Å². The van der Waals surface area contributed by atoms with Gasteiger partial charge in [0, 0.05) is 27.9 Å². The van der Waals surface area contributed by atoms with Gasteiger partial charge in [0.15, 0.2) is 0 Å². The lowest BCUT2D eigenvalue weighted by atomic mass is 10.1. The average Bonchev–Trinajstić information content (AvgIpc) is 2.25. The topological polar surface area (TPSA) is 55.2 Å². The molecule has 1 aromatic carbocycles. The van der Waals surface area contributed by atoms with E-state index in [-0.39, 0.29) is 10.6 Å². The summed E-state index contributed by atoms with van der Waals surface area (Å²) in [4.78, 5) is 10.2. The molecular weight excluding hydrogens is 331 g/mol. The molecule has 0 atom stereocenters. The number of nitrogens with one attached hydrogen (secondary N) is 1. The predicted octanol–water partition coefficient (Wildman–Crippen LogP) is 4.05. The monoisotopic (exact) mass is 348 g/mol. The number of halogens is 1. The summed E-state index contributed by atoms with van der Waals surface area (Å²) in [5, 5.41) is 13.9. The highest BCUT2D eigenvalue weighted by Gasteiger charge is 2.08. The fourth-order valence-electron chi connectivity index (χ4n) is 1.49. The average molecular weight is 348 g/mol. The summed E-state index contributed by atoms with van der Waals surface area (Å²) in [7, 11) is 0. The lowest BCUT2D eigenvalue weighted by Gasteiger charge is -2.09. The molecule has 0 aliphatic heterocycles. The summed E-state index contributed by atoms with van der Waals surface area (Å²) < 4.78 is 0.890. The fourth-order valence-corrected chi connectivity index (χ4v) is 2.18. The largest absolute Gasteiger partial charge is 0.384 e. The third-order valence-electron chi connectivity index (χ3n) is 2.44. The van der Waals surface area contributed by atoms with E-state index in [0.717, 1.165) is 22.2 Å². The Balaban J connectivity index is 2.52. The minimum absolute atomic E-state index is 0.141. The van der Waals surface area contributed by atoms with Gasteiger partial charge in [-0.3, -0.25) is 10.1 Å². The Hall–Kier alpha value is -0.850. The van der Waals surface area contributed by atoms with E-state index in [0.29, 0.717) is 5.92 Å². The third kappa shape index (κ3) is 4.89. The van der Waals surface area contributed by atoms with Crippen molar-refractivity contribution in [3.05, 3.63) is 31.9 Å². The lowest BCUT2D eigenvalue weighted by molar-refractivity contribution is -0.384. The number of benzene rings is 1. The van der Waals surface area contributed by atoms with Crippen LogP contribution in [0.25, 0.3) is 0 Å². The Kier molecular flexibility index (Phi) is 5.67. The smallest absolute Gasteiger partial charge is 0.270 e. The molecule has 0 radical (unpaired) electrons. The summed E-state index contributed by atoms with van der Waals surface area (Å²) in [5.41, 5.74) is 1.11. The molecule has 5 heteroatoms. The molecule has 0 amide bonds. The minimum Gasteiger partial charge on any atom is -0.384 e. The van der Waals surface area contributed by atoms with E-state index in [1.165, 1.54) is 12.5 Å². The van der Waals surface area contributed by atoms with E-state index >= 15 is 0 Å². The van der Waals surface area contributed by atoms with Crippen LogP contribution in [0.3, 0.4) is 0 Å². The van der Waals surface area contributed by atoms with Crippen molar-refractivity contribution in [2.45, 2.75) is 26.7 Å². The van der Waals surface area contributed by atoms with Gasteiger partial charge in [-0.05, 0) is 47.4 Å². The van der Waals surface area contributed by atoms with Gasteiger partial charge in [-0.15, -0.1) is 0 Å². The molecule has 0 bridgehead atoms. The van der Waals surface area contributed by atoms with Crippen LogP contribution in [0.4, 0.5) is 11.4 Å². The summed E-state index contributed by atoms with van der Waals surface area (Å²) in [6.45, 7) is 5.32. The predicted molar refractivity (Wildman–Crippen MR) is 78.4 cm³/mol. The number of rotatable bonds is 6. The molecule has 1 aromatic rings. The van der Waals surface area contributed by atoms with Crippen LogP contribution in [0.15, 0.2) is 18.2 Å². The first-order chi connectivity index (χ1) is 8.00. The summed E-state index contributed by atoms with van der Waals surface area (Å²) in [6, 6.07) is 4.90. The number of non-ortho nitro benzene ring substituents is 1. The van der Waals surface area contributed by atoms with Crippen LogP contribution < -0.4 is 5.32 Å². The number of hydrogen-bond acceptors (Lipinski definition) is 3. The first kappa shape index (κ1) is 14.2. The van der Waals surface area contributed by atoms with Gasteiger partial charge < -0.3 is 5.32 Å². The Morgan fingerprint density at radius 1 is 1.47 bits per heavy atom. The first-order valence-corrected chi connectivity index (χ1v) is 6.76. The van der Waals surface area contributed by atoms with Gasteiger partial charge in [0.1, 0.15) is 0 Å². The zero-order valence-corrected chi connectivity index (χ0v) is 12.2. The van der Waals surface area contributed by atoms with Gasteiger partial charge in [-0.25, -0.2) is 0 Å². The van der Waals surface area contributed by atoms with Gasteiger partial charge in [0.25, 0.3) is 5.69 Å². The standard InChI is InChI=1S/C12H17IN2O2/c1-9(2)4-3-7-14-12-6-5-10(15(16)17)8-11(12)13/h5-6,8-9,14H,3-4,7H2,1-2H3. The molecule has 1 rings (SSSR count). The van der Waals surface area contributed by atoms with E-state index in [9.17, 15) is 10.1 Å². The Morgan fingerprint density at radius 2 is 2.18 bits per heavy atom. The van der Waals surface area contributed by atoms with Crippen molar-refractivity contribution in [3.63, 3.8) is 0 Å². The highest BCUT2D eigenvalue weighted by atomic mass is 127.